The zero-order chi connectivity index (χ0) is 10.1. The minimum atomic E-state index is 0.486. The first-order chi connectivity index (χ1) is 6.68. The van der Waals surface area contributed by atoms with Gasteiger partial charge in [-0.25, -0.2) is 0 Å². The monoisotopic (exact) mass is 212 g/mol. The first-order valence-electron chi connectivity index (χ1n) is 6.42. The molecule has 1 heteroatoms. The predicted octanol–water partition coefficient (Wildman–Crippen LogP) is 4.33. The van der Waals surface area contributed by atoms with E-state index in [9.17, 15) is 0 Å². The van der Waals surface area contributed by atoms with Gasteiger partial charge in [0.15, 0.2) is 0 Å². The van der Waals surface area contributed by atoms with Gasteiger partial charge in [0, 0.05) is 0 Å². The minimum Gasteiger partial charge on any atom is -0.103 e. The Hall–Kier alpha value is 0.430. The lowest BCUT2D eigenvalue weighted by molar-refractivity contribution is 0.240. The molecular weight excluding hydrogens is 187 g/mol. The summed E-state index contributed by atoms with van der Waals surface area (Å²) < 4.78 is 0. The van der Waals surface area contributed by atoms with Crippen LogP contribution in [0.4, 0.5) is 0 Å². The third kappa shape index (κ3) is 2.16. The van der Waals surface area contributed by atoms with Crippen molar-refractivity contribution >= 4 is 7.92 Å². The molecule has 14 heavy (non-hydrogen) atoms. The van der Waals surface area contributed by atoms with Crippen molar-refractivity contribution in [3.05, 3.63) is 0 Å². The maximum atomic E-state index is 2.47. The highest BCUT2D eigenvalue weighted by Gasteiger charge is 2.37. The summed E-state index contributed by atoms with van der Waals surface area (Å²) in [5.74, 6) is 3.05. The van der Waals surface area contributed by atoms with E-state index < -0.39 is 0 Å². The third-order valence-corrected chi connectivity index (χ3v) is 7.66. The number of rotatable bonds is 2. The maximum absolute atomic E-state index is 2.47. The van der Waals surface area contributed by atoms with Gasteiger partial charge in [-0.05, 0) is 55.0 Å². The highest BCUT2D eigenvalue weighted by molar-refractivity contribution is 7.60. The lowest BCUT2D eigenvalue weighted by Gasteiger charge is -2.45. The van der Waals surface area contributed by atoms with Crippen molar-refractivity contribution in [3.63, 3.8) is 0 Å². The molecule has 1 heterocycles. The van der Waals surface area contributed by atoms with E-state index in [1.54, 1.807) is 25.2 Å². The quantitative estimate of drug-likeness (QED) is 0.597. The van der Waals surface area contributed by atoms with Gasteiger partial charge < -0.3 is 0 Å². The van der Waals surface area contributed by atoms with Crippen LogP contribution in [0, 0.1) is 17.8 Å². The molecule has 3 unspecified atom stereocenters. The summed E-state index contributed by atoms with van der Waals surface area (Å²) >= 11 is 0. The van der Waals surface area contributed by atoms with Crippen LogP contribution >= 0.6 is 7.92 Å². The van der Waals surface area contributed by atoms with Gasteiger partial charge in [-0.15, -0.1) is 7.92 Å². The molecule has 1 aliphatic heterocycles. The Balaban J connectivity index is 1.99. The predicted molar refractivity (Wildman–Crippen MR) is 66.4 cm³/mol. The number of hydrogen-bond acceptors (Lipinski definition) is 0. The summed E-state index contributed by atoms with van der Waals surface area (Å²) in [5, 5.41) is 0. The Morgan fingerprint density at radius 2 is 1.86 bits per heavy atom. The lowest BCUT2D eigenvalue weighted by atomic mass is 9.77. The molecule has 82 valence electrons. The van der Waals surface area contributed by atoms with Crippen molar-refractivity contribution in [2.45, 2.75) is 52.1 Å². The summed E-state index contributed by atoms with van der Waals surface area (Å²) in [5.41, 5.74) is 1.16. The van der Waals surface area contributed by atoms with Gasteiger partial charge in [0.2, 0.25) is 0 Å². The molecule has 1 aliphatic carbocycles. The average Bonchev–Trinajstić information content (AvgIpc) is 2.00. The molecular formula is C13H25P. The summed E-state index contributed by atoms with van der Waals surface area (Å²) in [6, 6.07) is 0. The van der Waals surface area contributed by atoms with Crippen molar-refractivity contribution in [3.8, 4) is 0 Å². The molecule has 0 nitrogen and oxygen atoms in total. The van der Waals surface area contributed by atoms with Gasteiger partial charge in [0.25, 0.3) is 0 Å². The molecule has 0 aromatic carbocycles. The first-order valence-corrected chi connectivity index (χ1v) is 8.20. The second-order valence-corrected chi connectivity index (χ2v) is 8.52. The van der Waals surface area contributed by atoms with Crippen molar-refractivity contribution in [1.82, 2.24) is 0 Å². The lowest BCUT2D eigenvalue weighted by Crippen LogP contribution is -2.34. The van der Waals surface area contributed by atoms with E-state index in [0.717, 1.165) is 23.4 Å². The highest BCUT2D eigenvalue weighted by Crippen LogP contribution is 2.58. The third-order valence-electron chi connectivity index (χ3n) is 4.35. The molecule has 1 saturated carbocycles. The zero-order valence-electron chi connectivity index (χ0n) is 10.00. The second kappa shape index (κ2) is 4.52. The van der Waals surface area contributed by atoms with Gasteiger partial charge in [-0.2, -0.15) is 0 Å². The van der Waals surface area contributed by atoms with Gasteiger partial charge in [0.05, 0.1) is 0 Å². The Bertz CT molecular complexity index is 184. The smallest absolute Gasteiger partial charge is 0.0176 e. The van der Waals surface area contributed by atoms with E-state index in [2.05, 4.69) is 20.8 Å². The van der Waals surface area contributed by atoms with Gasteiger partial charge in [-0.3, -0.25) is 0 Å². The van der Waals surface area contributed by atoms with Crippen molar-refractivity contribution < 1.29 is 0 Å². The van der Waals surface area contributed by atoms with E-state index in [1.165, 1.54) is 12.8 Å². The van der Waals surface area contributed by atoms with Crippen molar-refractivity contribution in [2.75, 3.05) is 12.3 Å². The molecule has 0 amide bonds. The van der Waals surface area contributed by atoms with Crippen LogP contribution in [0.25, 0.3) is 0 Å². The van der Waals surface area contributed by atoms with Crippen LogP contribution in [-0.4, -0.2) is 18.0 Å². The molecule has 0 spiro atoms. The van der Waals surface area contributed by atoms with Gasteiger partial charge in [-0.1, -0.05) is 27.2 Å². The first kappa shape index (κ1) is 10.9. The summed E-state index contributed by atoms with van der Waals surface area (Å²) in [6.45, 7) is 7.37. The highest BCUT2D eigenvalue weighted by atomic mass is 31.1. The van der Waals surface area contributed by atoms with Crippen LogP contribution in [0.3, 0.4) is 0 Å². The summed E-state index contributed by atoms with van der Waals surface area (Å²) in [4.78, 5) is 0. The molecule has 1 saturated heterocycles. The molecule has 2 fully saturated rings. The fourth-order valence-electron chi connectivity index (χ4n) is 3.24. The molecule has 0 aromatic heterocycles. The average molecular weight is 212 g/mol. The van der Waals surface area contributed by atoms with E-state index in [0.29, 0.717) is 7.92 Å². The molecule has 2 aliphatic rings. The second-order valence-electron chi connectivity index (χ2n) is 5.78. The maximum Gasteiger partial charge on any atom is -0.0176 e. The Kier molecular flexibility index (Phi) is 3.53. The fourth-order valence-corrected chi connectivity index (χ4v) is 6.28. The fraction of sp³-hybridized carbons (Fsp3) is 1.00. The zero-order valence-corrected chi connectivity index (χ0v) is 10.9. The SMILES string of the molecule is CC1CCC(C(C)C)C(P2CCC2)C1. The van der Waals surface area contributed by atoms with Crippen molar-refractivity contribution in [2.24, 2.45) is 17.8 Å². The molecule has 0 aromatic rings. The number of hydrogen-bond donors (Lipinski definition) is 0. The van der Waals surface area contributed by atoms with Crippen LogP contribution in [0.5, 0.6) is 0 Å². The largest absolute Gasteiger partial charge is 0.103 e. The van der Waals surface area contributed by atoms with E-state index in [-0.39, 0.29) is 0 Å². The molecule has 3 atom stereocenters. The van der Waals surface area contributed by atoms with Crippen molar-refractivity contribution in [1.29, 1.82) is 0 Å². The molecule has 0 bridgehead atoms. The molecule has 0 radical (unpaired) electrons. The summed E-state index contributed by atoms with van der Waals surface area (Å²) in [7, 11) is 0.486. The topological polar surface area (TPSA) is 0 Å². The van der Waals surface area contributed by atoms with Crippen LogP contribution < -0.4 is 0 Å². The van der Waals surface area contributed by atoms with Crippen LogP contribution in [0.1, 0.15) is 46.5 Å². The Labute approximate surface area is 90.6 Å². The molecule has 2 rings (SSSR count). The van der Waals surface area contributed by atoms with Gasteiger partial charge >= 0.3 is 0 Å². The van der Waals surface area contributed by atoms with E-state index >= 15 is 0 Å². The Morgan fingerprint density at radius 3 is 2.36 bits per heavy atom. The van der Waals surface area contributed by atoms with E-state index in [4.69, 9.17) is 0 Å². The van der Waals surface area contributed by atoms with Gasteiger partial charge in [0.1, 0.15) is 0 Å². The standard InChI is InChI=1S/C13H25P/c1-10(2)12-6-5-11(3)9-13(12)14-7-4-8-14/h10-13H,4-9H2,1-3H3. The van der Waals surface area contributed by atoms with Crippen LogP contribution in [-0.2, 0) is 0 Å². The minimum absolute atomic E-state index is 0.486. The van der Waals surface area contributed by atoms with E-state index in [1.807, 2.05) is 0 Å². The van der Waals surface area contributed by atoms with Crippen LogP contribution in [0.15, 0.2) is 0 Å². The van der Waals surface area contributed by atoms with Crippen LogP contribution in [0.2, 0.25) is 0 Å². The molecule has 0 N–H and O–H groups in total. The normalized spacial score (nSPS) is 39.9. The Morgan fingerprint density at radius 1 is 1.14 bits per heavy atom. The summed E-state index contributed by atoms with van der Waals surface area (Å²) in [6.07, 6.45) is 9.35.